The maximum absolute atomic E-state index is 5.78. The smallest absolute Gasteiger partial charge is 0.134 e. The van der Waals surface area contributed by atoms with Gasteiger partial charge in [-0.05, 0) is 27.2 Å². The molecule has 1 unspecified atom stereocenters. The van der Waals surface area contributed by atoms with Crippen LogP contribution in [-0.2, 0) is 0 Å². The van der Waals surface area contributed by atoms with Crippen LogP contribution in [0.25, 0.3) is 0 Å². The number of hydrogen-bond donors (Lipinski definition) is 2. The maximum atomic E-state index is 5.78. The first-order chi connectivity index (χ1) is 7.04. The lowest BCUT2D eigenvalue weighted by atomic mass is 10.2. The van der Waals surface area contributed by atoms with Crippen molar-refractivity contribution in [1.29, 1.82) is 0 Å². The van der Waals surface area contributed by atoms with E-state index in [-0.39, 0.29) is 0 Å². The predicted molar refractivity (Wildman–Crippen MR) is 63.9 cm³/mol. The predicted octanol–water partition coefficient (Wildman–Crippen LogP) is 2.28. The van der Waals surface area contributed by atoms with Crippen molar-refractivity contribution in [2.45, 2.75) is 46.6 Å². The molecule has 0 bridgehead atoms. The van der Waals surface area contributed by atoms with Crippen molar-refractivity contribution in [3.8, 4) is 0 Å². The van der Waals surface area contributed by atoms with Crippen molar-refractivity contribution >= 4 is 11.6 Å². The van der Waals surface area contributed by atoms with Crippen molar-refractivity contribution in [2.24, 2.45) is 0 Å². The van der Waals surface area contributed by atoms with E-state index in [0.29, 0.717) is 17.7 Å². The van der Waals surface area contributed by atoms with Gasteiger partial charge in [0.2, 0.25) is 0 Å². The number of aromatic nitrogens is 2. The molecule has 0 amide bonds. The van der Waals surface area contributed by atoms with Gasteiger partial charge in [-0.2, -0.15) is 0 Å². The van der Waals surface area contributed by atoms with Crippen LogP contribution in [0.4, 0.5) is 11.6 Å². The number of anilines is 2. The molecule has 1 rings (SSSR count). The Balaban J connectivity index is 2.84. The van der Waals surface area contributed by atoms with Gasteiger partial charge in [-0.3, -0.25) is 0 Å². The summed E-state index contributed by atoms with van der Waals surface area (Å²) < 4.78 is 0. The highest BCUT2D eigenvalue weighted by molar-refractivity contribution is 5.55. The van der Waals surface area contributed by atoms with Crippen LogP contribution in [0, 0.1) is 13.8 Å². The summed E-state index contributed by atoms with van der Waals surface area (Å²) in [7, 11) is 0. The lowest BCUT2D eigenvalue weighted by Gasteiger charge is -2.16. The fourth-order valence-corrected chi connectivity index (χ4v) is 1.53. The molecule has 0 aliphatic rings. The summed E-state index contributed by atoms with van der Waals surface area (Å²) in [5, 5.41) is 3.36. The van der Waals surface area contributed by atoms with Crippen molar-refractivity contribution in [2.75, 3.05) is 11.1 Å². The van der Waals surface area contributed by atoms with Crippen LogP contribution in [-0.4, -0.2) is 16.0 Å². The number of rotatable bonds is 4. The molecule has 1 aromatic heterocycles. The molecule has 0 aromatic carbocycles. The summed E-state index contributed by atoms with van der Waals surface area (Å²) in [4.78, 5) is 8.47. The third-order valence-electron chi connectivity index (χ3n) is 2.40. The van der Waals surface area contributed by atoms with Gasteiger partial charge in [0.15, 0.2) is 0 Å². The minimum absolute atomic E-state index is 0.419. The van der Waals surface area contributed by atoms with Crippen LogP contribution in [0.15, 0.2) is 0 Å². The average molecular weight is 208 g/mol. The molecule has 1 heterocycles. The SMILES string of the molecule is CCCC(C)Nc1nc(C)nc(N)c1C. The fraction of sp³-hybridized carbons (Fsp3) is 0.636. The van der Waals surface area contributed by atoms with E-state index in [4.69, 9.17) is 5.73 Å². The second-order valence-electron chi connectivity index (χ2n) is 3.96. The fourth-order valence-electron chi connectivity index (χ4n) is 1.53. The molecule has 0 spiro atoms. The maximum Gasteiger partial charge on any atom is 0.134 e. The molecular formula is C11H20N4. The van der Waals surface area contributed by atoms with Gasteiger partial charge >= 0.3 is 0 Å². The lowest BCUT2D eigenvalue weighted by Crippen LogP contribution is -2.17. The van der Waals surface area contributed by atoms with Gasteiger partial charge in [0.05, 0.1) is 0 Å². The van der Waals surface area contributed by atoms with Gasteiger partial charge in [-0.15, -0.1) is 0 Å². The molecule has 84 valence electrons. The van der Waals surface area contributed by atoms with Gasteiger partial charge in [0.1, 0.15) is 17.5 Å². The highest BCUT2D eigenvalue weighted by Crippen LogP contribution is 2.18. The number of hydrogen-bond acceptors (Lipinski definition) is 4. The summed E-state index contributed by atoms with van der Waals surface area (Å²) >= 11 is 0. The summed E-state index contributed by atoms with van der Waals surface area (Å²) in [6.45, 7) is 8.11. The molecule has 15 heavy (non-hydrogen) atoms. The molecule has 0 aliphatic heterocycles. The van der Waals surface area contributed by atoms with Gasteiger partial charge in [-0.25, -0.2) is 9.97 Å². The summed E-state index contributed by atoms with van der Waals surface area (Å²) in [6.07, 6.45) is 2.29. The zero-order chi connectivity index (χ0) is 11.4. The van der Waals surface area contributed by atoms with Crippen molar-refractivity contribution in [1.82, 2.24) is 9.97 Å². The number of nitrogens with two attached hydrogens (primary N) is 1. The Hall–Kier alpha value is -1.32. The van der Waals surface area contributed by atoms with Crippen LogP contribution in [0.1, 0.15) is 38.1 Å². The first-order valence-corrected chi connectivity index (χ1v) is 5.41. The molecule has 0 aliphatic carbocycles. The quantitative estimate of drug-likeness (QED) is 0.796. The highest BCUT2D eigenvalue weighted by atomic mass is 15.1. The molecule has 4 heteroatoms. The monoisotopic (exact) mass is 208 g/mol. The molecule has 0 saturated carbocycles. The topological polar surface area (TPSA) is 63.8 Å². The molecular weight excluding hydrogens is 188 g/mol. The van der Waals surface area contributed by atoms with Gasteiger partial charge in [0.25, 0.3) is 0 Å². The van der Waals surface area contributed by atoms with Crippen molar-refractivity contribution in [3.05, 3.63) is 11.4 Å². The first kappa shape index (κ1) is 11.8. The van der Waals surface area contributed by atoms with Gasteiger partial charge in [0, 0.05) is 11.6 Å². The highest BCUT2D eigenvalue weighted by Gasteiger charge is 2.08. The summed E-state index contributed by atoms with van der Waals surface area (Å²) in [5.41, 5.74) is 6.71. The van der Waals surface area contributed by atoms with E-state index in [9.17, 15) is 0 Å². The Labute approximate surface area is 91.3 Å². The zero-order valence-corrected chi connectivity index (χ0v) is 9.96. The number of nitrogens with zero attached hydrogens (tertiary/aromatic N) is 2. The number of aryl methyl sites for hydroxylation is 1. The van der Waals surface area contributed by atoms with E-state index in [0.717, 1.165) is 24.2 Å². The van der Waals surface area contributed by atoms with Gasteiger partial charge < -0.3 is 11.1 Å². The van der Waals surface area contributed by atoms with E-state index in [2.05, 4.69) is 29.1 Å². The van der Waals surface area contributed by atoms with Crippen LogP contribution in [0.2, 0.25) is 0 Å². The summed E-state index contributed by atoms with van der Waals surface area (Å²) in [6, 6.07) is 0.419. The Morgan fingerprint density at radius 3 is 2.60 bits per heavy atom. The largest absolute Gasteiger partial charge is 0.383 e. The van der Waals surface area contributed by atoms with Crippen LogP contribution >= 0.6 is 0 Å². The minimum Gasteiger partial charge on any atom is -0.383 e. The first-order valence-electron chi connectivity index (χ1n) is 5.41. The molecule has 1 atom stereocenters. The second kappa shape index (κ2) is 4.96. The third kappa shape index (κ3) is 3.08. The Bertz CT molecular complexity index is 336. The molecule has 0 fully saturated rings. The molecule has 1 aromatic rings. The Morgan fingerprint density at radius 1 is 1.33 bits per heavy atom. The zero-order valence-electron chi connectivity index (χ0n) is 9.96. The van der Waals surface area contributed by atoms with E-state index in [1.165, 1.54) is 0 Å². The van der Waals surface area contributed by atoms with Gasteiger partial charge in [-0.1, -0.05) is 13.3 Å². The van der Waals surface area contributed by atoms with E-state index < -0.39 is 0 Å². The third-order valence-corrected chi connectivity index (χ3v) is 2.40. The summed E-state index contributed by atoms with van der Waals surface area (Å²) in [5.74, 6) is 2.14. The number of nitrogens with one attached hydrogen (secondary N) is 1. The van der Waals surface area contributed by atoms with E-state index in [1.54, 1.807) is 0 Å². The molecule has 4 nitrogen and oxygen atoms in total. The molecule has 3 N–H and O–H groups in total. The van der Waals surface area contributed by atoms with E-state index >= 15 is 0 Å². The van der Waals surface area contributed by atoms with Crippen LogP contribution in [0.3, 0.4) is 0 Å². The van der Waals surface area contributed by atoms with Crippen molar-refractivity contribution < 1.29 is 0 Å². The molecule has 0 radical (unpaired) electrons. The van der Waals surface area contributed by atoms with Crippen LogP contribution in [0.5, 0.6) is 0 Å². The normalized spacial score (nSPS) is 12.5. The average Bonchev–Trinajstić information content (AvgIpc) is 2.13. The van der Waals surface area contributed by atoms with Crippen LogP contribution < -0.4 is 11.1 Å². The Morgan fingerprint density at radius 2 is 2.00 bits per heavy atom. The Kier molecular flexibility index (Phi) is 3.88. The minimum atomic E-state index is 0.419. The lowest BCUT2D eigenvalue weighted by molar-refractivity contribution is 0.686. The standard InChI is InChI=1S/C11H20N4/c1-5-6-7(2)13-11-8(3)10(12)14-9(4)15-11/h7H,5-6H2,1-4H3,(H3,12,13,14,15). The second-order valence-corrected chi connectivity index (χ2v) is 3.96. The number of nitrogen functional groups attached to an aromatic ring is 1. The molecule has 0 saturated heterocycles. The van der Waals surface area contributed by atoms with Crippen molar-refractivity contribution in [3.63, 3.8) is 0 Å². The van der Waals surface area contributed by atoms with E-state index in [1.807, 2.05) is 13.8 Å².